The van der Waals surface area contributed by atoms with Crippen molar-refractivity contribution >= 4 is 5.97 Å². The Morgan fingerprint density at radius 3 is 2.30 bits per heavy atom. The van der Waals surface area contributed by atoms with Gasteiger partial charge < -0.3 is 4.74 Å². The topological polar surface area (TPSA) is 26.3 Å². The van der Waals surface area contributed by atoms with Gasteiger partial charge in [-0.2, -0.15) is 0 Å². The summed E-state index contributed by atoms with van der Waals surface area (Å²) < 4.78 is 6.12. The van der Waals surface area contributed by atoms with Gasteiger partial charge in [0.05, 0.1) is 0 Å². The SMILES string of the molecule is CCCCC/C=C\C/C=C\CCCCCCCC(=O)O[C@H]1CC[C@@]2(C)C(=CC[C@H]3[C@@H]4CC[C@H](C(C)CCCC(C)C)[C@@]4(C)CC[C@@H]32)C1. The Kier molecular flexibility index (Phi) is 15.7. The zero-order valence-corrected chi connectivity index (χ0v) is 32.0. The Morgan fingerprint density at radius 2 is 1.55 bits per heavy atom. The summed E-state index contributed by atoms with van der Waals surface area (Å²) in [4.78, 5) is 12.8. The van der Waals surface area contributed by atoms with Crippen LogP contribution in [-0.2, 0) is 9.53 Å². The highest BCUT2D eigenvalue weighted by atomic mass is 16.5. The third-order valence-electron chi connectivity index (χ3n) is 13.9. The number of hydrogen-bond acceptors (Lipinski definition) is 2. The smallest absolute Gasteiger partial charge is 0.306 e. The highest BCUT2D eigenvalue weighted by molar-refractivity contribution is 5.69. The normalized spacial score (nSPS) is 32.7. The fraction of sp³-hybridized carbons (Fsp3) is 0.844. The lowest BCUT2D eigenvalue weighted by molar-refractivity contribution is -0.151. The van der Waals surface area contributed by atoms with Crippen LogP contribution in [0.1, 0.15) is 189 Å². The molecule has 0 amide bonds. The average Bonchev–Trinajstić information content (AvgIpc) is 3.40. The number of carbonyl (C=O) groups excluding carboxylic acids is 1. The van der Waals surface area contributed by atoms with Gasteiger partial charge in [-0.25, -0.2) is 0 Å². The van der Waals surface area contributed by atoms with Gasteiger partial charge in [0, 0.05) is 12.8 Å². The summed E-state index contributed by atoms with van der Waals surface area (Å²) in [5, 5.41) is 0. The molecule has 268 valence electrons. The Morgan fingerprint density at radius 1 is 0.830 bits per heavy atom. The average molecular weight is 649 g/mol. The molecule has 3 saturated carbocycles. The van der Waals surface area contributed by atoms with Gasteiger partial charge in [0.1, 0.15) is 6.10 Å². The number of unbranched alkanes of at least 4 members (excludes halogenated alkanes) is 8. The van der Waals surface area contributed by atoms with Gasteiger partial charge in [-0.1, -0.05) is 129 Å². The van der Waals surface area contributed by atoms with Gasteiger partial charge in [-0.15, -0.1) is 0 Å². The second-order valence-electron chi connectivity index (χ2n) is 17.6. The molecule has 4 aliphatic rings. The predicted molar refractivity (Wildman–Crippen MR) is 202 cm³/mol. The highest BCUT2D eigenvalue weighted by Gasteiger charge is 2.59. The lowest BCUT2D eigenvalue weighted by Gasteiger charge is -2.58. The lowest BCUT2D eigenvalue weighted by atomic mass is 9.47. The molecular weight excluding hydrogens is 572 g/mol. The maximum Gasteiger partial charge on any atom is 0.306 e. The van der Waals surface area contributed by atoms with Crippen LogP contribution in [0.4, 0.5) is 0 Å². The zero-order valence-electron chi connectivity index (χ0n) is 32.0. The molecule has 0 saturated heterocycles. The fourth-order valence-corrected chi connectivity index (χ4v) is 11.1. The maximum atomic E-state index is 12.8. The molecule has 1 unspecified atom stereocenters. The monoisotopic (exact) mass is 649 g/mol. The van der Waals surface area contributed by atoms with E-state index in [-0.39, 0.29) is 12.1 Å². The van der Waals surface area contributed by atoms with Crippen LogP contribution in [-0.4, -0.2) is 12.1 Å². The summed E-state index contributed by atoms with van der Waals surface area (Å²) in [6, 6.07) is 0. The molecule has 0 aromatic heterocycles. The van der Waals surface area contributed by atoms with E-state index in [1.165, 1.54) is 109 Å². The number of ether oxygens (including phenoxy) is 1. The van der Waals surface area contributed by atoms with E-state index in [9.17, 15) is 4.79 Å². The Balaban J connectivity index is 1.13. The van der Waals surface area contributed by atoms with E-state index in [4.69, 9.17) is 4.74 Å². The van der Waals surface area contributed by atoms with Crippen LogP contribution in [0, 0.1) is 46.3 Å². The molecule has 0 aromatic rings. The van der Waals surface area contributed by atoms with Crippen molar-refractivity contribution in [2.75, 3.05) is 0 Å². The standard InChI is InChI=1S/C45H76O2/c1-7-8-9-10-11-12-13-14-15-16-17-18-19-20-21-25-43(46)47-38-30-32-44(5)37(34-38)26-27-39-41-29-28-40(36(4)24-22-23-35(2)3)45(41,6)33-31-42(39)44/h11-12,14-15,26,35-36,38-42H,7-10,13,16-25,27-34H2,1-6H3/b12-11-,15-14-/t36?,38-,39-,40+,41-,42-,44-,45+/m0/s1. The first-order valence-electron chi connectivity index (χ1n) is 20.9. The molecule has 2 nitrogen and oxygen atoms in total. The van der Waals surface area contributed by atoms with Gasteiger partial charge in [0.25, 0.3) is 0 Å². The van der Waals surface area contributed by atoms with E-state index in [2.05, 4.69) is 71.9 Å². The van der Waals surface area contributed by atoms with E-state index in [1.807, 2.05) is 0 Å². The van der Waals surface area contributed by atoms with Gasteiger partial charge >= 0.3 is 5.97 Å². The van der Waals surface area contributed by atoms with E-state index in [0.29, 0.717) is 17.3 Å². The Labute approximate surface area is 292 Å². The zero-order chi connectivity index (χ0) is 33.7. The van der Waals surface area contributed by atoms with Crippen molar-refractivity contribution in [1.29, 1.82) is 0 Å². The molecule has 4 rings (SSSR count). The molecule has 0 spiro atoms. The number of rotatable bonds is 20. The third-order valence-corrected chi connectivity index (χ3v) is 13.9. The minimum absolute atomic E-state index is 0.0477. The minimum atomic E-state index is 0.0477. The highest BCUT2D eigenvalue weighted by Crippen LogP contribution is 2.67. The molecular formula is C45H76O2. The number of esters is 1. The van der Waals surface area contributed by atoms with Crippen molar-refractivity contribution in [2.45, 2.75) is 195 Å². The van der Waals surface area contributed by atoms with Crippen molar-refractivity contribution in [3.8, 4) is 0 Å². The van der Waals surface area contributed by atoms with Gasteiger partial charge in [-0.05, 0) is 130 Å². The number of allylic oxidation sites excluding steroid dienone is 5. The van der Waals surface area contributed by atoms with Gasteiger partial charge in [0.15, 0.2) is 0 Å². The molecule has 2 heteroatoms. The molecule has 0 aromatic carbocycles. The van der Waals surface area contributed by atoms with E-state index < -0.39 is 0 Å². The van der Waals surface area contributed by atoms with Crippen LogP contribution in [0.25, 0.3) is 0 Å². The second-order valence-corrected chi connectivity index (χ2v) is 17.6. The van der Waals surface area contributed by atoms with Crippen LogP contribution in [0.3, 0.4) is 0 Å². The van der Waals surface area contributed by atoms with Crippen molar-refractivity contribution in [2.24, 2.45) is 46.3 Å². The summed E-state index contributed by atoms with van der Waals surface area (Å²) in [5.74, 6) is 5.30. The number of carbonyl (C=O) groups is 1. The van der Waals surface area contributed by atoms with Crippen molar-refractivity contribution < 1.29 is 9.53 Å². The van der Waals surface area contributed by atoms with Gasteiger partial charge in [-0.3, -0.25) is 4.79 Å². The summed E-state index contributed by atoms with van der Waals surface area (Å²) in [7, 11) is 0. The van der Waals surface area contributed by atoms with Crippen LogP contribution in [0.15, 0.2) is 36.0 Å². The molecule has 0 heterocycles. The lowest BCUT2D eigenvalue weighted by Crippen LogP contribution is -2.51. The Hall–Kier alpha value is -1.31. The molecule has 0 N–H and O–H groups in total. The minimum Gasteiger partial charge on any atom is -0.462 e. The van der Waals surface area contributed by atoms with Crippen molar-refractivity contribution in [3.63, 3.8) is 0 Å². The molecule has 47 heavy (non-hydrogen) atoms. The van der Waals surface area contributed by atoms with Crippen LogP contribution in [0.5, 0.6) is 0 Å². The Bertz CT molecular complexity index is 1020. The largest absolute Gasteiger partial charge is 0.462 e. The first kappa shape index (κ1) is 38.5. The quantitative estimate of drug-likeness (QED) is 0.0746. The molecule has 0 radical (unpaired) electrons. The van der Waals surface area contributed by atoms with Crippen molar-refractivity contribution in [3.05, 3.63) is 36.0 Å². The summed E-state index contributed by atoms with van der Waals surface area (Å²) in [5.41, 5.74) is 2.52. The molecule has 0 bridgehead atoms. The van der Waals surface area contributed by atoms with E-state index in [0.717, 1.165) is 67.6 Å². The third kappa shape index (κ3) is 10.6. The van der Waals surface area contributed by atoms with Crippen molar-refractivity contribution in [1.82, 2.24) is 0 Å². The first-order valence-corrected chi connectivity index (χ1v) is 20.9. The fourth-order valence-electron chi connectivity index (χ4n) is 11.1. The van der Waals surface area contributed by atoms with Crippen LogP contribution < -0.4 is 0 Å². The van der Waals surface area contributed by atoms with E-state index in [1.54, 1.807) is 5.57 Å². The molecule has 4 aliphatic carbocycles. The molecule has 0 aliphatic heterocycles. The summed E-state index contributed by atoms with van der Waals surface area (Å²) >= 11 is 0. The van der Waals surface area contributed by atoms with Crippen LogP contribution in [0.2, 0.25) is 0 Å². The second kappa shape index (κ2) is 19.2. The van der Waals surface area contributed by atoms with Crippen LogP contribution >= 0.6 is 0 Å². The number of hydrogen-bond donors (Lipinski definition) is 0. The number of fused-ring (bicyclic) bond motifs is 5. The summed E-state index contributed by atoms with van der Waals surface area (Å²) in [6.07, 6.45) is 40.5. The molecule has 8 atom stereocenters. The molecule has 3 fully saturated rings. The first-order chi connectivity index (χ1) is 22.7. The summed E-state index contributed by atoms with van der Waals surface area (Å²) in [6.45, 7) is 14.9. The maximum absolute atomic E-state index is 12.8. The van der Waals surface area contributed by atoms with E-state index >= 15 is 0 Å². The predicted octanol–water partition coefficient (Wildman–Crippen LogP) is 13.8. The van der Waals surface area contributed by atoms with Gasteiger partial charge in [0.2, 0.25) is 0 Å².